The lowest BCUT2D eigenvalue weighted by molar-refractivity contribution is 0.340. The highest BCUT2D eigenvalue weighted by Gasteiger charge is 2.36. The Labute approximate surface area is 141 Å². The number of piperidine rings is 1. The average Bonchev–Trinajstić information content (AvgIpc) is 3.09. The Hall–Kier alpha value is -1.40. The molecule has 5 nitrogen and oxygen atoms in total. The van der Waals surface area contributed by atoms with Gasteiger partial charge in [0.2, 0.25) is 5.95 Å². The topological polar surface area (TPSA) is 67.1 Å². The second-order valence-corrected chi connectivity index (χ2v) is 8.90. The molecule has 2 aromatic rings. The van der Waals surface area contributed by atoms with E-state index in [1.54, 1.807) is 0 Å². The van der Waals surface area contributed by atoms with Gasteiger partial charge in [0, 0.05) is 24.0 Å². The minimum atomic E-state index is 0.123. The summed E-state index contributed by atoms with van der Waals surface area (Å²) in [5.41, 5.74) is 7.11. The molecule has 2 fully saturated rings. The van der Waals surface area contributed by atoms with E-state index < -0.39 is 0 Å². The fourth-order valence-corrected chi connectivity index (χ4v) is 4.91. The number of anilines is 2. The quantitative estimate of drug-likeness (QED) is 0.841. The molecule has 0 aromatic carbocycles. The first-order valence-electron chi connectivity index (χ1n) is 8.48. The monoisotopic (exact) mass is 331 g/mol. The van der Waals surface area contributed by atoms with Crippen molar-refractivity contribution in [1.82, 2.24) is 15.3 Å². The standard InChI is InChI=1S/C17H25N5S/c1-17(2,3)13-7-11-14(23-13)15(21-16(18)20-11)22-8-10-5-4-6-19-12(10)9-22/h7,10,12,19H,4-6,8-9H2,1-3H3,(H2,18,20,21). The summed E-state index contributed by atoms with van der Waals surface area (Å²) in [6.45, 7) is 9.96. The molecule has 2 saturated heterocycles. The van der Waals surface area contributed by atoms with Gasteiger partial charge >= 0.3 is 0 Å². The van der Waals surface area contributed by atoms with Crippen molar-refractivity contribution in [2.75, 3.05) is 30.3 Å². The van der Waals surface area contributed by atoms with Crippen molar-refractivity contribution in [3.8, 4) is 0 Å². The number of nitrogens with zero attached hydrogens (tertiary/aromatic N) is 3. The molecule has 0 aliphatic carbocycles. The molecule has 2 aliphatic rings. The van der Waals surface area contributed by atoms with Crippen LogP contribution >= 0.6 is 11.3 Å². The van der Waals surface area contributed by atoms with Crippen LogP contribution in [0.1, 0.15) is 38.5 Å². The normalized spacial score (nSPS) is 25.1. The Kier molecular flexibility index (Phi) is 3.50. The average molecular weight is 331 g/mol. The number of hydrogen-bond acceptors (Lipinski definition) is 6. The Balaban J connectivity index is 1.75. The van der Waals surface area contributed by atoms with Gasteiger partial charge in [-0.05, 0) is 36.8 Å². The molecule has 4 heterocycles. The highest BCUT2D eigenvalue weighted by Crippen LogP contribution is 2.39. The lowest BCUT2D eigenvalue weighted by Gasteiger charge is -2.24. The zero-order valence-electron chi connectivity index (χ0n) is 14.1. The maximum atomic E-state index is 6.00. The summed E-state index contributed by atoms with van der Waals surface area (Å²) in [4.78, 5) is 12.8. The molecule has 23 heavy (non-hydrogen) atoms. The maximum Gasteiger partial charge on any atom is 0.222 e. The lowest BCUT2D eigenvalue weighted by atomic mass is 9.94. The Morgan fingerprint density at radius 3 is 2.87 bits per heavy atom. The van der Waals surface area contributed by atoms with E-state index in [4.69, 9.17) is 5.73 Å². The molecule has 2 atom stereocenters. The molecule has 2 unspecified atom stereocenters. The van der Waals surface area contributed by atoms with E-state index in [1.807, 2.05) is 11.3 Å². The van der Waals surface area contributed by atoms with Crippen LogP contribution in [0.25, 0.3) is 10.2 Å². The van der Waals surface area contributed by atoms with Gasteiger partial charge in [-0.2, -0.15) is 4.98 Å². The zero-order chi connectivity index (χ0) is 16.2. The van der Waals surface area contributed by atoms with Crippen molar-refractivity contribution in [3.63, 3.8) is 0 Å². The number of hydrogen-bond donors (Lipinski definition) is 2. The molecule has 2 aromatic heterocycles. The first-order valence-corrected chi connectivity index (χ1v) is 9.29. The molecule has 124 valence electrons. The third kappa shape index (κ3) is 2.68. The third-order valence-corrected chi connectivity index (χ3v) is 6.55. The van der Waals surface area contributed by atoms with Gasteiger partial charge in [0.05, 0.1) is 10.2 Å². The zero-order valence-corrected chi connectivity index (χ0v) is 14.9. The van der Waals surface area contributed by atoms with Gasteiger partial charge in [-0.1, -0.05) is 20.8 Å². The van der Waals surface area contributed by atoms with E-state index in [9.17, 15) is 0 Å². The number of nitrogens with one attached hydrogen (secondary N) is 1. The van der Waals surface area contributed by atoms with Crippen molar-refractivity contribution in [2.45, 2.75) is 45.1 Å². The van der Waals surface area contributed by atoms with Gasteiger partial charge in [0.25, 0.3) is 0 Å². The Bertz CT molecular complexity index is 718. The highest BCUT2D eigenvalue weighted by atomic mass is 32.1. The highest BCUT2D eigenvalue weighted by molar-refractivity contribution is 7.19. The Morgan fingerprint density at radius 1 is 1.30 bits per heavy atom. The van der Waals surface area contributed by atoms with Crippen LogP contribution in [-0.2, 0) is 5.41 Å². The maximum absolute atomic E-state index is 6.00. The molecule has 0 saturated carbocycles. The number of thiophene rings is 1. The predicted molar refractivity (Wildman–Crippen MR) is 97.3 cm³/mol. The number of aromatic nitrogens is 2. The molecule has 0 spiro atoms. The van der Waals surface area contributed by atoms with E-state index in [1.165, 1.54) is 22.4 Å². The SMILES string of the molecule is CC(C)(C)c1cc2nc(N)nc(N3CC4CCCNC4C3)c2s1. The number of rotatable bonds is 1. The van der Waals surface area contributed by atoms with Crippen molar-refractivity contribution < 1.29 is 0 Å². The van der Waals surface area contributed by atoms with Crippen molar-refractivity contribution in [3.05, 3.63) is 10.9 Å². The first-order chi connectivity index (χ1) is 10.9. The summed E-state index contributed by atoms with van der Waals surface area (Å²) in [6, 6.07) is 2.78. The molecular weight excluding hydrogens is 306 g/mol. The fraction of sp³-hybridized carbons (Fsp3) is 0.647. The predicted octanol–water partition coefficient (Wildman–Crippen LogP) is 2.76. The van der Waals surface area contributed by atoms with Crippen LogP contribution in [0.3, 0.4) is 0 Å². The van der Waals surface area contributed by atoms with Gasteiger partial charge in [-0.25, -0.2) is 4.98 Å². The second-order valence-electron chi connectivity index (χ2n) is 7.85. The summed E-state index contributed by atoms with van der Waals surface area (Å²) < 4.78 is 1.18. The van der Waals surface area contributed by atoms with Crippen molar-refractivity contribution in [2.24, 2.45) is 5.92 Å². The third-order valence-electron chi connectivity index (χ3n) is 5.01. The Morgan fingerprint density at radius 2 is 2.13 bits per heavy atom. The van der Waals surface area contributed by atoms with Crippen LogP contribution < -0.4 is 16.0 Å². The van der Waals surface area contributed by atoms with Gasteiger partial charge in [-0.15, -0.1) is 11.3 Å². The summed E-state index contributed by atoms with van der Waals surface area (Å²) in [5.74, 6) is 2.15. The molecule has 3 N–H and O–H groups in total. The van der Waals surface area contributed by atoms with Crippen molar-refractivity contribution in [1.29, 1.82) is 0 Å². The second kappa shape index (κ2) is 5.31. The van der Waals surface area contributed by atoms with Gasteiger partial charge in [0.15, 0.2) is 5.82 Å². The summed E-state index contributed by atoms with van der Waals surface area (Å²) in [7, 11) is 0. The van der Waals surface area contributed by atoms with Crippen LogP contribution in [0.2, 0.25) is 0 Å². The lowest BCUT2D eigenvalue weighted by Crippen LogP contribution is -2.40. The van der Waals surface area contributed by atoms with Gasteiger partial charge < -0.3 is 16.0 Å². The van der Waals surface area contributed by atoms with Gasteiger partial charge in [-0.3, -0.25) is 0 Å². The first kappa shape index (κ1) is 15.1. The molecule has 0 bridgehead atoms. The summed E-state index contributed by atoms with van der Waals surface area (Å²) in [5, 5.41) is 3.66. The minimum Gasteiger partial charge on any atom is -0.368 e. The number of nitrogen functional groups attached to an aromatic ring is 1. The van der Waals surface area contributed by atoms with E-state index >= 15 is 0 Å². The van der Waals surface area contributed by atoms with E-state index in [0.29, 0.717) is 12.0 Å². The molecule has 6 heteroatoms. The minimum absolute atomic E-state index is 0.123. The van der Waals surface area contributed by atoms with Crippen LogP contribution in [0.4, 0.5) is 11.8 Å². The van der Waals surface area contributed by atoms with E-state index in [0.717, 1.165) is 36.9 Å². The smallest absolute Gasteiger partial charge is 0.222 e. The number of fused-ring (bicyclic) bond motifs is 2. The largest absolute Gasteiger partial charge is 0.368 e. The van der Waals surface area contributed by atoms with Crippen LogP contribution in [0, 0.1) is 5.92 Å². The molecule has 0 amide bonds. The van der Waals surface area contributed by atoms with Crippen molar-refractivity contribution >= 4 is 33.3 Å². The summed E-state index contributed by atoms with van der Waals surface area (Å²) in [6.07, 6.45) is 2.60. The molecule has 2 aliphatic heterocycles. The van der Waals surface area contributed by atoms with Crippen LogP contribution in [-0.4, -0.2) is 35.6 Å². The van der Waals surface area contributed by atoms with Crippen LogP contribution in [0.15, 0.2) is 6.07 Å². The summed E-state index contributed by atoms with van der Waals surface area (Å²) >= 11 is 1.82. The fourth-order valence-electron chi connectivity index (χ4n) is 3.74. The van der Waals surface area contributed by atoms with Gasteiger partial charge in [0.1, 0.15) is 0 Å². The van der Waals surface area contributed by atoms with E-state index in [-0.39, 0.29) is 5.41 Å². The molecule has 0 radical (unpaired) electrons. The van der Waals surface area contributed by atoms with Crippen LogP contribution in [0.5, 0.6) is 0 Å². The molecular formula is C17H25N5S. The number of nitrogens with two attached hydrogens (primary N) is 1. The van der Waals surface area contributed by atoms with E-state index in [2.05, 4.69) is 47.0 Å². The molecule has 4 rings (SSSR count).